The Balaban J connectivity index is 3.02. The number of hydrogen-bond donors (Lipinski definition) is 2. The predicted octanol–water partition coefficient (Wildman–Crippen LogP) is 2.56. The Morgan fingerprint density at radius 1 is 1.32 bits per heavy atom. The normalized spacial score (nSPS) is 15.1. The van der Waals surface area contributed by atoms with Gasteiger partial charge in [-0.1, -0.05) is 13.0 Å². The van der Waals surface area contributed by atoms with E-state index in [2.05, 4.69) is 0 Å². The zero-order valence-corrected chi connectivity index (χ0v) is 10.7. The van der Waals surface area contributed by atoms with Gasteiger partial charge in [0.2, 0.25) is 0 Å². The number of halogens is 3. The summed E-state index contributed by atoms with van der Waals surface area (Å²) in [6, 6.07) is 3.27. The number of methoxy groups -OCH3 is 1. The van der Waals surface area contributed by atoms with Crippen molar-refractivity contribution in [2.24, 2.45) is 0 Å². The van der Waals surface area contributed by atoms with Gasteiger partial charge in [-0.15, -0.1) is 0 Å². The van der Waals surface area contributed by atoms with Gasteiger partial charge in [-0.3, -0.25) is 0 Å². The van der Waals surface area contributed by atoms with Crippen LogP contribution >= 0.6 is 0 Å². The summed E-state index contributed by atoms with van der Waals surface area (Å²) in [5, 5.41) is 18.1. The minimum atomic E-state index is -4.42. The molecule has 0 saturated carbocycles. The molecular weight excluding hydrogens is 261 g/mol. The van der Waals surface area contributed by atoms with Crippen LogP contribution in [0.25, 0.3) is 0 Å². The van der Waals surface area contributed by atoms with Gasteiger partial charge in [0, 0.05) is 0 Å². The molecule has 0 aliphatic rings. The Morgan fingerprint density at radius 2 is 1.95 bits per heavy atom. The molecule has 0 heterocycles. The minimum Gasteiger partial charge on any atom is -0.496 e. The summed E-state index contributed by atoms with van der Waals surface area (Å²) in [6.45, 7) is 1.37. The molecule has 0 amide bonds. The molecule has 2 N–H and O–H groups in total. The van der Waals surface area contributed by atoms with E-state index >= 15 is 0 Å². The Hall–Kier alpha value is -1.27. The molecule has 3 nitrogen and oxygen atoms in total. The highest BCUT2D eigenvalue weighted by Crippen LogP contribution is 2.36. The van der Waals surface area contributed by atoms with E-state index in [0.29, 0.717) is 5.56 Å². The molecule has 0 aliphatic heterocycles. The fourth-order valence-electron chi connectivity index (χ4n) is 1.90. The van der Waals surface area contributed by atoms with Gasteiger partial charge in [-0.05, 0) is 30.0 Å². The molecule has 19 heavy (non-hydrogen) atoms. The van der Waals surface area contributed by atoms with Gasteiger partial charge in [0.25, 0.3) is 0 Å². The maximum Gasteiger partial charge on any atom is 0.416 e. The van der Waals surface area contributed by atoms with Crippen LogP contribution in [0.4, 0.5) is 13.2 Å². The Labute approximate surface area is 109 Å². The van der Waals surface area contributed by atoms with Crippen molar-refractivity contribution in [1.29, 1.82) is 0 Å². The monoisotopic (exact) mass is 278 g/mol. The van der Waals surface area contributed by atoms with E-state index in [-0.39, 0.29) is 24.7 Å². The zero-order chi connectivity index (χ0) is 14.6. The Kier molecular flexibility index (Phi) is 5.20. The lowest BCUT2D eigenvalue weighted by Gasteiger charge is -2.19. The van der Waals surface area contributed by atoms with Crippen molar-refractivity contribution in [3.8, 4) is 5.75 Å². The number of ether oxygens (including phenoxy) is 1. The van der Waals surface area contributed by atoms with Gasteiger partial charge in [-0.2, -0.15) is 13.2 Å². The van der Waals surface area contributed by atoms with Gasteiger partial charge in [0.05, 0.1) is 25.4 Å². The molecule has 0 saturated heterocycles. The number of hydrogen-bond acceptors (Lipinski definition) is 3. The minimum absolute atomic E-state index is 0.132. The quantitative estimate of drug-likeness (QED) is 0.870. The molecule has 6 heteroatoms. The molecule has 1 rings (SSSR count). The third-order valence-corrected chi connectivity index (χ3v) is 2.93. The fraction of sp³-hybridized carbons (Fsp3) is 0.538. The van der Waals surface area contributed by atoms with Crippen molar-refractivity contribution in [2.45, 2.75) is 31.5 Å². The van der Waals surface area contributed by atoms with E-state index < -0.39 is 17.8 Å². The SMILES string of the molecule is COc1cc(C(F)(F)F)ccc1C(C)CC(O)CO. The predicted molar refractivity (Wildman–Crippen MR) is 64.1 cm³/mol. The van der Waals surface area contributed by atoms with Crippen LogP contribution in [-0.2, 0) is 6.18 Å². The van der Waals surface area contributed by atoms with Gasteiger partial charge >= 0.3 is 6.18 Å². The summed E-state index contributed by atoms with van der Waals surface area (Å²) in [5.74, 6) is -0.0909. The van der Waals surface area contributed by atoms with Gasteiger partial charge in [-0.25, -0.2) is 0 Å². The standard InChI is InChI=1S/C13H17F3O3/c1-8(5-10(18)7-17)11-4-3-9(13(14,15)16)6-12(11)19-2/h3-4,6,8,10,17-18H,5,7H2,1-2H3. The van der Waals surface area contributed by atoms with Crippen LogP contribution in [0, 0.1) is 0 Å². The van der Waals surface area contributed by atoms with Crippen LogP contribution in [0.2, 0.25) is 0 Å². The van der Waals surface area contributed by atoms with Crippen molar-refractivity contribution in [1.82, 2.24) is 0 Å². The van der Waals surface area contributed by atoms with Crippen LogP contribution in [-0.4, -0.2) is 30.0 Å². The van der Waals surface area contributed by atoms with E-state index in [9.17, 15) is 18.3 Å². The van der Waals surface area contributed by atoms with Gasteiger partial charge in [0.15, 0.2) is 0 Å². The molecule has 1 aromatic carbocycles. The maximum absolute atomic E-state index is 12.6. The van der Waals surface area contributed by atoms with Gasteiger partial charge < -0.3 is 14.9 Å². The van der Waals surface area contributed by atoms with E-state index in [1.165, 1.54) is 13.2 Å². The molecule has 0 radical (unpaired) electrons. The summed E-state index contributed by atoms with van der Waals surface area (Å²) in [7, 11) is 1.30. The lowest BCUT2D eigenvalue weighted by Crippen LogP contribution is -2.15. The molecule has 0 fully saturated rings. The van der Waals surface area contributed by atoms with Crippen molar-refractivity contribution in [3.05, 3.63) is 29.3 Å². The van der Waals surface area contributed by atoms with E-state index in [1.807, 2.05) is 0 Å². The lowest BCUT2D eigenvalue weighted by molar-refractivity contribution is -0.137. The van der Waals surface area contributed by atoms with Gasteiger partial charge in [0.1, 0.15) is 5.75 Å². The molecule has 2 unspecified atom stereocenters. The molecule has 0 bridgehead atoms. The van der Waals surface area contributed by atoms with Crippen LogP contribution in [0.15, 0.2) is 18.2 Å². The molecule has 0 aliphatic carbocycles. The number of rotatable bonds is 5. The number of alkyl halides is 3. The Bertz CT molecular complexity index is 418. The highest BCUT2D eigenvalue weighted by molar-refractivity contribution is 5.40. The topological polar surface area (TPSA) is 49.7 Å². The Morgan fingerprint density at radius 3 is 2.42 bits per heavy atom. The molecule has 2 atom stereocenters. The summed E-state index contributed by atoms with van der Waals surface area (Å²) < 4.78 is 42.7. The van der Waals surface area contributed by atoms with Crippen LogP contribution < -0.4 is 4.74 Å². The first-order valence-corrected chi connectivity index (χ1v) is 5.83. The van der Waals surface area contributed by atoms with Crippen molar-refractivity contribution in [2.75, 3.05) is 13.7 Å². The number of benzene rings is 1. The number of aliphatic hydroxyl groups excluding tert-OH is 2. The second-order valence-electron chi connectivity index (χ2n) is 4.43. The zero-order valence-electron chi connectivity index (χ0n) is 10.7. The first kappa shape index (κ1) is 15.8. The van der Waals surface area contributed by atoms with Crippen LogP contribution in [0.1, 0.15) is 30.4 Å². The molecule has 1 aromatic rings. The third-order valence-electron chi connectivity index (χ3n) is 2.93. The van der Waals surface area contributed by atoms with E-state index in [1.54, 1.807) is 6.92 Å². The summed E-state index contributed by atoms with van der Waals surface area (Å²) >= 11 is 0. The lowest BCUT2D eigenvalue weighted by atomic mass is 9.93. The fourth-order valence-corrected chi connectivity index (χ4v) is 1.90. The van der Waals surface area contributed by atoms with Crippen molar-refractivity contribution >= 4 is 0 Å². The average Bonchev–Trinajstić information content (AvgIpc) is 2.36. The third kappa shape index (κ3) is 4.11. The second-order valence-corrected chi connectivity index (χ2v) is 4.43. The second kappa shape index (κ2) is 6.25. The average molecular weight is 278 g/mol. The molecule has 108 valence electrons. The number of aliphatic hydroxyl groups is 2. The molecular formula is C13H17F3O3. The smallest absolute Gasteiger partial charge is 0.416 e. The highest BCUT2D eigenvalue weighted by Gasteiger charge is 2.31. The summed E-state index contributed by atoms with van der Waals surface area (Å²) in [6.07, 6.45) is -5.07. The van der Waals surface area contributed by atoms with Crippen LogP contribution in [0.5, 0.6) is 5.75 Å². The first-order chi connectivity index (χ1) is 8.79. The largest absolute Gasteiger partial charge is 0.496 e. The van der Waals surface area contributed by atoms with E-state index in [4.69, 9.17) is 9.84 Å². The van der Waals surface area contributed by atoms with E-state index in [0.717, 1.165) is 12.1 Å². The van der Waals surface area contributed by atoms with Crippen molar-refractivity contribution < 1.29 is 28.1 Å². The van der Waals surface area contributed by atoms with Crippen molar-refractivity contribution in [3.63, 3.8) is 0 Å². The summed E-state index contributed by atoms with van der Waals surface area (Å²) in [4.78, 5) is 0. The van der Waals surface area contributed by atoms with Crippen LogP contribution in [0.3, 0.4) is 0 Å². The highest BCUT2D eigenvalue weighted by atomic mass is 19.4. The maximum atomic E-state index is 12.6. The molecule has 0 spiro atoms. The first-order valence-electron chi connectivity index (χ1n) is 5.83. The summed E-state index contributed by atoms with van der Waals surface area (Å²) in [5.41, 5.74) is -0.203. The molecule has 0 aromatic heterocycles.